The SMILES string of the molecule is COC1CCN(C(=O)C2(C(N)=NO)CCC2)CC1. The van der Waals surface area contributed by atoms with E-state index in [9.17, 15) is 4.79 Å². The minimum atomic E-state index is -0.741. The predicted molar refractivity (Wildman–Crippen MR) is 66.3 cm³/mol. The molecule has 0 unspecified atom stereocenters. The Kier molecular flexibility index (Phi) is 3.75. The Morgan fingerprint density at radius 2 is 2.06 bits per heavy atom. The maximum Gasteiger partial charge on any atom is 0.236 e. The first-order chi connectivity index (χ1) is 8.64. The number of carbonyl (C=O) groups excluding carboxylic acids is 1. The first-order valence-corrected chi connectivity index (χ1v) is 6.44. The summed E-state index contributed by atoms with van der Waals surface area (Å²) in [6.07, 6.45) is 4.28. The summed E-state index contributed by atoms with van der Waals surface area (Å²) in [5.41, 5.74) is 4.96. The van der Waals surface area contributed by atoms with Crippen LogP contribution in [-0.4, -0.2) is 48.2 Å². The number of hydrogen-bond acceptors (Lipinski definition) is 4. The fraction of sp³-hybridized carbons (Fsp3) is 0.833. The van der Waals surface area contributed by atoms with Gasteiger partial charge in [0.25, 0.3) is 0 Å². The second kappa shape index (κ2) is 5.14. The van der Waals surface area contributed by atoms with Crippen LogP contribution in [0.5, 0.6) is 0 Å². The van der Waals surface area contributed by atoms with Crippen molar-refractivity contribution in [3.8, 4) is 0 Å². The Hall–Kier alpha value is -1.30. The van der Waals surface area contributed by atoms with E-state index in [1.165, 1.54) is 0 Å². The zero-order valence-corrected chi connectivity index (χ0v) is 10.8. The van der Waals surface area contributed by atoms with Crippen LogP contribution in [0.2, 0.25) is 0 Å². The zero-order chi connectivity index (χ0) is 13.2. The molecule has 1 amide bonds. The second-order valence-corrected chi connectivity index (χ2v) is 5.15. The summed E-state index contributed by atoms with van der Waals surface area (Å²) in [4.78, 5) is 14.3. The molecular weight excluding hydrogens is 234 g/mol. The van der Waals surface area contributed by atoms with Crippen molar-refractivity contribution < 1.29 is 14.7 Å². The van der Waals surface area contributed by atoms with Gasteiger partial charge < -0.3 is 20.6 Å². The van der Waals surface area contributed by atoms with Gasteiger partial charge in [-0.2, -0.15) is 0 Å². The quantitative estimate of drug-likeness (QED) is 0.333. The molecule has 1 aliphatic heterocycles. The van der Waals surface area contributed by atoms with Crippen LogP contribution in [0.1, 0.15) is 32.1 Å². The standard InChI is InChI=1S/C12H21N3O3/c1-18-9-3-7-15(8-4-9)11(16)12(5-2-6-12)10(13)14-17/h9,17H,2-8H2,1H3,(H2,13,14). The Morgan fingerprint density at radius 1 is 1.44 bits per heavy atom. The molecule has 1 heterocycles. The van der Waals surface area contributed by atoms with Crippen molar-refractivity contribution in [3.63, 3.8) is 0 Å². The highest BCUT2D eigenvalue weighted by molar-refractivity contribution is 6.07. The normalized spacial score (nSPS) is 24.7. The number of piperidine rings is 1. The fourth-order valence-electron chi connectivity index (χ4n) is 2.80. The number of oxime groups is 1. The lowest BCUT2D eigenvalue weighted by molar-refractivity contribution is -0.144. The van der Waals surface area contributed by atoms with Crippen LogP contribution in [0, 0.1) is 5.41 Å². The molecule has 0 radical (unpaired) electrons. The summed E-state index contributed by atoms with van der Waals surface area (Å²) >= 11 is 0. The van der Waals surface area contributed by atoms with Crippen molar-refractivity contribution in [2.45, 2.75) is 38.2 Å². The van der Waals surface area contributed by atoms with Gasteiger partial charge in [-0.05, 0) is 25.7 Å². The highest BCUT2D eigenvalue weighted by atomic mass is 16.5. The number of ether oxygens (including phenoxy) is 1. The molecule has 1 aliphatic carbocycles. The third-order valence-corrected chi connectivity index (χ3v) is 4.28. The maximum absolute atomic E-state index is 12.5. The van der Waals surface area contributed by atoms with Crippen LogP contribution >= 0.6 is 0 Å². The predicted octanol–water partition coefficient (Wildman–Crippen LogP) is 0.540. The minimum absolute atomic E-state index is 0.0126. The highest BCUT2D eigenvalue weighted by Crippen LogP contribution is 2.43. The number of nitrogens with two attached hydrogens (primary N) is 1. The Balaban J connectivity index is 2.03. The molecule has 2 aliphatic rings. The van der Waals surface area contributed by atoms with E-state index in [4.69, 9.17) is 15.7 Å². The average Bonchev–Trinajstić information content (AvgIpc) is 2.37. The van der Waals surface area contributed by atoms with Gasteiger partial charge in [-0.15, -0.1) is 0 Å². The lowest BCUT2D eigenvalue weighted by Gasteiger charge is -2.44. The van der Waals surface area contributed by atoms with Crippen molar-refractivity contribution in [1.82, 2.24) is 4.90 Å². The summed E-state index contributed by atoms with van der Waals surface area (Å²) in [5.74, 6) is 0.0752. The first kappa shape index (κ1) is 13.1. The Bertz CT molecular complexity index is 344. The average molecular weight is 255 g/mol. The van der Waals surface area contributed by atoms with E-state index in [2.05, 4.69) is 5.16 Å². The summed E-state index contributed by atoms with van der Waals surface area (Å²) in [6, 6.07) is 0. The molecule has 18 heavy (non-hydrogen) atoms. The molecular formula is C12H21N3O3. The van der Waals surface area contributed by atoms with Gasteiger partial charge >= 0.3 is 0 Å². The Morgan fingerprint density at radius 3 is 2.44 bits per heavy atom. The number of methoxy groups -OCH3 is 1. The van der Waals surface area contributed by atoms with Crippen molar-refractivity contribution in [1.29, 1.82) is 0 Å². The summed E-state index contributed by atoms with van der Waals surface area (Å²) in [6.45, 7) is 1.38. The largest absolute Gasteiger partial charge is 0.409 e. The third kappa shape index (κ3) is 2.05. The van der Waals surface area contributed by atoms with E-state index in [1.807, 2.05) is 4.90 Å². The molecule has 102 valence electrons. The van der Waals surface area contributed by atoms with E-state index in [0.29, 0.717) is 25.9 Å². The van der Waals surface area contributed by atoms with Gasteiger partial charge in [0, 0.05) is 20.2 Å². The van der Waals surface area contributed by atoms with Crippen LogP contribution in [0.4, 0.5) is 0 Å². The molecule has 6 heteroatoms. The van der Waals surface area contributed by atoms with Crippen molar-refractivity contribution in [3.05, 3.63) is 0 Å². The molecule has 3 N–H and O–H groups in total. The fourth-order valence-corrected chi connectivity index (χ4v) is 2.80. The molecule has 6 nitrogen and oxygen atoms in total. The van der Waals surface area contributed by atoms with Crippen LogP contribution in [0.15, 0.2) is 5.16 Å². The smallest absolute Gasteiger partial charge is 0.236 e. The lowest BCUT2D eigenvalue weighted by Crippen LogP contribution is -2.56. The molecule has 0 spiro atoms. The van der Waals surface area contributed by atoms with E-state index in [-0.39, 0.29) is 17.8 Å². The summed E-state index contributed by atoms with van der Waals surface area (Å²) in [7, 11) is 1.70. The van der Waals surface area contributed by atoms with E-state index < -0.39 is 5.41 Å². The van der Waals surface area contributed by atoms with Crippen LogP contribution in [0.3, 0.4) is 0 Å². The summed E-state index contributed by atoms with van der Waals surface area (Å²) < 4.78 is 5.29. The monoisotopic (exact) mass is 255 g/mol. The number of nitrogens with zero attached hydrogens (tertiary/aromatic N) is 2. The number of carbonyl (C=O) groups is 1. The van der Waals surface area contributed by atoms with Gasteiger partial charge in [0.05, 0.1) is 6.10 Å². The van der Waals surface area contributed by atoms with Crippen LogP contribution < -0.4 is 5.73 Å². The van der Waals surface area contributed by atoms with Gasteiger partial charge in [0.15, 0.2) is 5.84 Å². The summed E-state index contributed by atoms with van der Waals surface area (Å²) in [5, 5.41) is 11.9. The van der Waals surface area contributed by atoms with Crippen molar-refractivity contribution in [2.75, 3.05) is 20.2 Å². The molecule has 1 saturated heterocycles. The first-order valence-electron chi connectivity index (χ1n) is 6.44. The van der Waals surface area contributed by atoms with Gasteiger partial charge in [0.2, 0.25) is 5.91 Å². The number of amides is 1. The molecule has 0 aromatic rings. The number of rotatable bonds is 3. The molecule has 2 fully saturated rings. The molecule has 2 rings (SSSR count). The second-order valence-electron chi connectivity index (χ2n) is 5.15. The minimum Gasteiger partial charge on any atom is -0.409 e. The molecule has 0 aromatic carbocycles. The number of likely N-dealkylation sites (tertiary alicyclic amines) is 1. The number of amidine groups is 1. The molecule has 1 saturated carbocycles. The van der Waals surface area contributed by atoms with E-state index >= 15 is 0 Å². The third-order valence-electron chi connectivity index (χ3n) is 4.28. The van der Waals surface area contributed by atoms with Crippen LogP contribution in [0.25, 0.3) is 0 Å². The van der Waals surface area contributed by atoms with Gasteiger partial charge in [-0.25, -0.2) is 0 Å². The molecule has 0 bridgehead atoms. The van der Waals surface area contributed by atoms with Crippen molar-refractivity contribution >= 4 is 11.7 Å². The zero-order valence-electron chi connectivity index (χ0n) is 10.8. The van der Waals surface area contributed by atoms with Crippen molar-refractivity contribution in [2.24, 2.45) is 16.3 Å². The van der Waals surface area contributed by atoms with Gasteiger partial charge in [-0.3, -0.25) is 4.79 Å². The topological polar surface area (TPSA) is 88.2 Å². The lowest BCUT2D eigenvalue weighted by atomic mass is 9.66. The van der Waals surface area contributed by atoms with E-state index in [1.54, 1.807) is 7.11 Å². The maximum atomic E-state index is 12.5. The van der Waals surface area contributed by atoms with Gasteiger partial charge in [-0.1, -0.05) is 11.6 Å². The number of hydrogen-bond donors (Lipinski definition) is 2. The van der Waals surface area contributed by atoms with Gasteiger partial charge in [0.1, 0.15) is 5.41 Å². The van der Waals surface area contributed by atoms with Crippen LogP contribution in [-0.2, 0) is 9.53 Å². The highest BCUT2D eigenvalue weighted by Gasteiger charge is 2.50. The molecule has 0 aromatic heterocycles. The molecule has 0 atom stereocenters. The van der Waals surface area contributed by atoms with E-state index in [0.717, 1.165) is 19.3 Å². The Labute approximate surface area is 107 Å².